The van der Waals surface area contributed by atoms with Gasteiger partial charge in [0, 0.05) is 11.3 Å². The van der Waals surface area contributed by atoms with Crippen molar-refractivity contribution in [3.63, 3.8) is 0 Å². The first-order valence-electron chi connectivity index (χ1n) is 4.56. The Balaban J connectivity index is 1.94. The summed E-state index contributed by atoms with van der Waals surface area (Å²) in [6, 6.07) is 0.440. The predicted molar refractivity (Wildman–Crippen MR) is 55.9 cm³/mol. The Hall–Kier alpha value is -0.840. The molecule has 1 aromatic rings. The first-order valence-corrected chi connectivity index (χ1v) is 5.85. The standard InChI is InChI=1S/C9H12FN3S/c1-14-8-3-2-7(8)13-9-11-4-6(10)5-12-9/h4-5,7-8H,2-3H2,1H3,(H,11,12,13). The molecule has 2 atom stereocenters. The van der Waals surface area contributed by atoms with E-state index in [9.17, 15) is 4.39 Å². The van der Waals surface area contributed by atoms with Crippen molar-refractivity contribution in [2.24, 2.45) is 0 Å². The first kappa shape index (κ1) is 9.71. The van der Waals surface area contributed by atoms with Crippen molar-refractivity contribution >= 4 is 17.7 Å². The molecule has 5 heteroatoms. The first-order chi connectivity index (χ1) is 6.79. The molecule has 1 aliphatic carbocycles. The summed E-state index contributed by atoms with van der Waals surface area (Å²) in [5.74, 6) is 0.126. The maximum atomic E-state index is 12.5. The largest absolute Gasteiger partial charge is 0.350 e. The van der Waals surface area contributed by atoms with Crippen LogP contribution in [0.5, 0.6) is 0 Å². The monoisotopic (exact) mass is 213 g/mol. The Labute approximate surface area is 86.5 Å². The molecule has 0 saturated heterocycles. The van der Waals surface area contributed by atoms with E-state index in [0.717, 1.165) is 6.42 Å². The fourth-order valence-electron chi connectivity index (χ4n) is 1.47. The quantitative estimate of drug-likeness (QED) is 0.832. The van der Waals surface area contributed by atoms with Crippen molar-refractivity contribution in [2.45, 2.75) is 24.1 Å². The highest BCUT2D eigenvalue weighted by Crippen LogP contribution is 2.31. The summed E-state index contributed by atoms with van der Waals surface area (Å²) in [6.45, 7) is 0. The van der Waals surface area contributed by atoms with Crippen molar-refractivity contribution in [3.8, 4) is 0 Å². The van der Waals surface area contributed by atoms with Crippen molar-refractivity contribution in [2.75, 3.05) is 11.6 Å². The van der Waals surface area contributed by atoms with Gasteiger partial charge in [0.05, 0.1) is 12.4 Å². The van der Waals surface area contributed by atoms with Gasteiger partial charge in [0.2, 0.25) is 5.95 Å². The number of rotatable bonds is 3. The maximum Gasteiger partial charge on any atom is 0.223 e. The SMILES string of the molecule is CSC1CCC1Nc1ncc(F)cn1. The van der Waals surface area contributed by atoms with E-state index in [0.29, 0.717) is 17.2 Å². The third kappa shape index (κ3) is 1.97. The van der Waals surface area contributed by atoms with Gasteiger partial charge in [-0.25, -0.2) is 14.4 Å². The second-order valence-electron chi connectivity index (χ2n) is 3.33. The van der Waals surface area contributed by atoms with Gasteiger partial charge in [-0.1, -0.05) is 0 Å². The molecule has 1 saturated carbocycles. The molecule has 76 valence electrons. The van der Waals surface area contributed by atoms with Gasteiger partial charge >= 0.3 is 0 Å². The van der Waals surface area contributed by atoms with Crippen LogP contribution in [0.15, 0.2) is 12.4 Å². The zero-order valence-corrected chi connectivity index (χ0v) is 8.72. The normalized spacial score (nSPS) is 25.6. The average molecular weight is 213 g/mol. The van der Waals surface area contributed by atoms with Gasteiger partial charge in [-0.2, -0.15) is 11.8 Å². The molecule has 0 bridgehead atoms. The van der Waals surface area contributed by atoms with E-state index >= 15 is 0 Å². The summed E-state index contributed by atoms with van der Waals surface area (Å²) >= 11 is 1.85. The maximum absolute atomic E-state index is 12.5. The number of hydrogen-bond donors (Lipinski definition) is 1. The van der Waals surface area contributed by atoms with Gasteiger partial charge in [-0.3, -0.25) is 0 Å². The lowest BCUT2D eigenvalue weighted by atomic mass is 9.92. The lowest BCUT2D eigenvalue weighted by Gasteiger charge is -2.35. The van der Waals surface area contributed by atoms with Gasteiger partial charge in [0.1, 0.15) is 0 Å². The Bertz CT molecular complexity index is 301. The fraction of sp³-hybridized carbons (Fsp3) is 0.556. The predicted octanol–water partition coefficient (Wildman–Crippen LogP) is 1.92. The molecule has 0 aromatic carbocycles. The Kier molecular flexibility index (Phi) is 2.86. The molecule has 1 heterocycles. The van der Waals surface area contributed by atoms with E-state index in [-0.39, 0.29) is 0 Å². The number of anilines is 1. The van der Waals surface area contributed by atoms with E-state index in [1.807, 2.05) is 11.8 Å². The van der Waals surface area contributed by atoms with Gasteiger partial charge in [-0.05, 0) is 19.1 Å². The lowest BCUT2D eigenvalue weighted by Crippen LogP contribution is -2.41. The topological polar surface area (TPSA) is 37.8 Å². The highest BCUT2D eigenvalue weighted by Gasteiger charge is 2.30. The van der Waals surface area contributed by atoms with Crippen LogP contribution in [0, 0.1) is 5.82 Å². The number of thioether (sulfide) groups is 1. The second-order valence-corrected chi connectivity index (χ2v) is 4.40. The number of aromatic nitrogens is 2. The third-order valence-electron chi connectivity index (χ3n) is 2.45. The van der Waals surface area contributed by atoms with Crippen LogP contribution in [0.3, 0.4) is 0 Å². The molecule has 1 N–H and O–H groups in total. The molecule has 0 spiro atoms. The molecule has 1 fully saturated rings. The summed E-state index contributed by atoms with van der Waals surface area (Å²) in [7, 11) is 0. The summed E-state index contributed by atoms with van der Waals surface area (Å²) in [5, 5.41) is 3.84. The average Bonchev–Trinajstić information content (AvgIpc) is 2.16. The van der Waals surface area contributed by atoms with Crippen LogP contribution in [0.2, 0.25) is 0 Å². The molecular weight excluding hydrogens is 201 g/mol. The molecule has 2 rings (SSSR count). The minimum absolute atomic E-state index is 0.398. The molecule has 1 aromatic heterocycles. The van der Waals surface area contributed by atoms with Crippen molar-refractivity contribution in [1.82, 2.24) is 9.97 Å². The fourth-order valence-corrected chi connectivity index (χ4v) is 2.37. The van der Waals surface area contributed by atoms with E-state index in [1.165, 1.54) is 18.8 Å². The van der Waals surface area contributed by atoms with Crippen LogP contribution in [0.4, 0.5) is 10.3 Å². The number of halogens is 1. The summed E-state index contributed by atoms with van der Waals surface area (Å²) in [5.41, 5.74) is 0. The van der Waals surface area contributed by atoms with Gasteiger partial charge < -0.3 is 5.32 Å². The molecule has 14 heavy (non-hydrogen) atoms. The van der Waals surface area contributed by atoms with Gasteiger partial charge in [-0.15, -0.1) is 0 Å². The molecule has 0 aliphatic heterocycles. The van der Waals surface area contributed by atoms with Crippen LogP contribution in [-0.4, -0.2) is 27.5 Å². The number of nitrogens with zero attached hydrogens (tertiary/aromatic N) is 2. The van der Waals surface area contributed by atoms with Crippen LogP contribution in [0.1, 0.15) is 12.8 Å². The van der Waals surface area contributed by atoms with E-state index in [1.54, 1.807) is 0 Å². The number of nitrogens with one attached hydrogen (secondary N) is 1. The van der Waals surface area contributed by atoms with Crippen LogP contribution < -0.4 is 5.32 Å². The highest BCUT2D eigenvalue weighted by atomic mass is 32.2. The Morgan fingerprint density at radius 3 is 2.64 bits per heavy atom. The van der Waals surface area contributed by atoms with E-state index < -0.39 is 5.82 Å². The zero-order chi connectivity index (χ0) is 9.97. The highest BCUT2D eigenvalue weighted by molar-refractivity contribution is 7.99. The second kappa shape index (κ2) is 4.13. The van der Waals surface area contributed by atoms with E-state index in [4.69, 9.17) is 0 Å². The van der Waals surface area contributed by atoms with Crippen molar-refractivity contribution in [1.29, 1.82) is 0 Å². The number of hydrogen-bond acceptors (Lipinski definition) is 4. The van der Waals surface area contributed by atoms with Crippen LogP contribution in [-0.2, 0) is 0 Å². The molecule has 0 radical (unpaired) electrons. The summed E-state index contributed by atoms with van der Waals surface area (Å²) in [4.78, 5) is 7.72. The zero-order valence-electron chi connectivity index (χ0n) is 7.90. The molecular formula is C9H12FN3S. The smallest absolute Gasteiger partial charge is 0.223 e. The molecule has 0 amide bonds. The van der Waals surface area contributed by atoms with Crippen molar-refractivity contribution < 1.29 is 4.39 Å². The molecule has 1 aliphatic rings. The van der Waals surface area contributed by atoms with Gasteiger partial charge in [0.25, 0.3) is 0 Å². The Morgan fingerprint density at radius 2 is 2.14 bits per heavy atom. The van der Waals surface area contributed by atoms with Crippen LogP contribution >= 0.6 is 11.8 Å². The van der Waals surface area contributed by atoms with Crippen LogP contribution in [0.25, 0.3) is 0 Å². The Morgan fingerprint density at radius 1 is 1.43 bits per heavy atom. The third-order valence-corrected chi connectivity index (χ3v) is 3.62. The minimum atomic E-state index is -0.398. The minimum Gasteiger partial charge on any atom is -0.350 e. The van der Waals surface area contributed by atoms with Gasteiger partial charge in [0.15, 0.2) is 5.82 Å². The lowest BCUT2D eigenvalue weighted by molar-refractivity contribution is 0.460. The summed E-state index contributed by atoms with van der Waals surface area (Å²) in [6.07, 6.45) is 6.85. The summed E-state index contributed by atoms with van der Waals surface area (Å²) < 4.78 is 12.5. The molecule has 3 nitrogen and oxygen atoms in total. The van der Waals surface area contributed by atoms with Crippen molar-refractivity contribution in [3.05, 3.63) is 18.2 Å². The molecule has 2 unspecified atom stereocenters. The van der Waals surface area contributed by atoms with E-state index in [2.05, 4.69) is 21.5 Å².